The molecule has 36 heavy (non-hydrogen) atoms. The second-order valence-corrected chi connectivity index (χ2v) is 10.7. The van der Waals surface area contributed by atoms with Crippen LogP contribution in [0.3, 0.4) is 0 Å². The quantitative estimate of drug-likeness (QED) is 0.281. The normalized spacial score (nSPS) is 27.5. The zero-order valence-electron chi connectivity index (χ0n) is 20.0. The first-order chi connectivity index (χ1) is 17.2. The molecule has 4 rings (SSSR count). The Hall–Kier alpha value is -2.26. The predicted octanol–water partition coefficient (Wildman–Crippen LogP) is 5.66. The van der Waals surface area contributed by atoms with Crippen molar-refractivity contribution in [1.82, 2.24) is 4.90 Å². The van der Waals surface area contributed by atoms with Gasteiger partial charge >= 0.3 is 0 Å². The first-order valence-electron chi connectivity index (χ1n) is 12.2. The predicted molar refractivity (Wildman–Crippen MR) is 138 cm³/mol. The van der Waals surface area contributed by atoms with E-state index in [9.17, 15) is 20.0 Å². The van der Waals surface area contributed by atoms with Crippen molar-refractivity contribution in [3.8, 4) is 0 Å². The van der Waals surface area contributed by atoms with Gasteiger partial charge in [0.25, 0.3) is 0 Å². The molecular weight excluding hydrogens is 508 g/mol. The molecule has 2 N–H and O–H groups in total. The lowest BCUT2D eigenvalue weighted by atomic mass is 9.77. The SMILES string of the molecule is C[C@]1(C(=O)Nc2cccc(Cl)c2)[C@@H](c2cccc(Cl)c2F)[C@H]([N+](=O)[O-])[C@H](CO)N1C1CCCCCC1. The van der Waals surface area contributed by atoms with Gasteiger partial charge in [-0.25, -0.2) is 4.39 Å². The van der Waals surface area contributed by atoms with E-state index in [1.807, 2.05) is 0 Å². The molecule has 10 heteroatoms. The monoisotopic (exact) mass is 537 g/mol. The lowest BCUT2D eigenvalue weighted by molar-refractivity contribution is -0.528. The number of likely N-dealkylation sites (tertiary alicyclic amines) is 1. The number of hydrogen-bond acceptors (Lipinski definition) is 5. The second-order valence-electron chi connectivity index (χ2n) is 9.81. The zero-order valence-corrected chi connectivity index (χ0v) is 21.5. The molecule has 2 aliphatic rings. The molecule has 1 saturated carbocycles. The summed E-state index contributed by atoms with van der Waals surface area (Å²) in [7, 11) is 0. The van der Waals surface area contributed by atoms with Gasteiger partial charge in [-0.3, -0.25) is 19.8 Å². The van der Waals surface area contributed by atoms with Gasteiger partial charge in [0.2, 0.25) is 11.9 Å². The van der Waals surface area contributed by atoms with E-state index in [1.165, 1.54) is 18.2 Å². The molecule has 194 valence electrons. The highest BCUT2D eigenvalue weighted by Gasteiger charge is 2.67. The van der Waals surface area contributed by atoms with Crippen LogP contribution in [0, 0.1) is 15.9 Å². The number of anilines is 1. The van der Waals surface area contributed by atoms with Gasteiger partial charge in [-0.05, 0) is 44.0 Å². The van der Waals surface area contributed by atoms with Gasteiger partial charge in [-0.15, -0.1) is 0 Å². The van der Waals surface area contributed by atoms with Crippen LogP contribution in [0.2, 0.25) is 10.0 Å². The van der Waals surface area contributed by atoms with Gasteiger partial charge < -0.3 is 10.4 Å². The van der Waals surface area contributed by atoms with E-state index >= 15 is 4.39 Å². The Morgan fingerprint density at radius 1 is 1.19 bits per heavy atom. The largest absolute Gasteiger partial charge is 0.394 e. The standard InChI is InChI=1S/C26H30Cl2FN3O4/c1-26(25(34)30-17-9-6-8-16(27)14-17)22(19-12-7-13-20(28)23(19)29)24(32(35)36)21(15-33)31(26)18-10-4-2-3-5-11-18/h6-9,12-14,18,21-22,24,33H,2-5,10-11,15H2,1H3,(H,30,34)/t21-,22-,24+,26+/m0/s1. The summed E-state index contributed by atoms with van der Waals surface area (Å²) >= 11 is 12.2. The van der Waals surface area contributed by atoms with Crippen molar-refractivity contribution in [3.63, 3.8) is 0 Å². The minimum Gasteiger partial charge on any atom is -0.394 e. The van der Waals surface area contributed by atoms with Crippen molar-refractivity contribution in [1.29, 1.82) is 0 Å². The average Bonchev–Trinajstić information content (AvgIpc) is 2.96. The van der Waals surface area contributed by atoms with Crippen LogP contribution < -0.4 is 5.32 Å². The summed E-state index contributed by atoms with van der Waals surface area (Å²) in [6, 6.07) is 8.33. The molecule has 2 aromatic rings. The summed E-state index contributed by atoms with van der Waals surface area (Å²) in [5, 5.41) is 26.1. The number of nitrogens with zero attached hydrogens (tertiary/aromatic N) is 2. The number of halogens is 3. The van der Waals surface area contributed by atoms with Crippen LogP contribution in [-0.2, 0) is 4.79 Å². The molecule has 2 aromatic carbocycles. The van der Waals surface area contributed by atoms with Gasteiger partial charge in [0.05, 0.1) is 17.5 Å². The first-order valence-corrected chi connectivity index (χ1v) is 13.0. The summed E-state index contributed by atoms with van der Waals surface area (Å²) in [5.74, 6) is -2.52. The minimum atomic E-state index is -1.56. The molecule has 1 amide bonds. The molecule has 1 aliphatic heterocycles. The average molecular weight is 538 g/mol. The fraction of sp³-hybridized carbons (Fsp3) is 0.500. The first kappa shape index (κ1) is 26.8. The van der Waals surface area contributed by atoms with E-state index < -0.39 is 46.8 Å². The fourth-order valence-corrected chi connectivity index (χ4v) is 6.57. The Morgan fingerprint density at radius 3 is 2.47 bits per heavy atom. The Morgan fingerprint density at radius 2 is 1.86 bits per heavy atom. The summed E-state index contributed by atoms with van der Waals surface area (Å²) in [5.41, 5.74) is -1.15. The smallest absolute Gasteiger partial charge is 0.245 e. The minimum absolute atomic E-state index is 0.0116. The highest BCUT2D eigenvalue weighted by Crippen LogP contribution is 2.51. The van der Waals surface area contributed by atoms with E-state index in [1.54, 1.807) is 36.1 Å². The molecule has 4 atom stereocenters. The number of carbonyl (C=O) groups excluding carboxylic acids is 1. The van der Waals surface area contributed by atoms with Crippen LogP contribution in [0.1, 0.15) is 56.9 Å². The Balaban J connectivity index is 1.91. The number of carbonyl (C=O) groups is 1. The van der Waals surface area contributed by atoms with Crippen molar-refractivity contribution in [2.24, 2.45) is 0 Å². The van der Waals surface area contributed by atoms with Crippen LogP contribution in [-0.4, -0.2) is 51.1 Å². The third-order valence-corrected chi connectivity index (χ3v) is 8.27. The molecule has 1 saturated heterocycles. The molecule has 0 bridgehead atoms. The van der Waals surface area contributed by atoms with Crippen LogP contribution in [0.15, 0.2) is 42.5 Å². The van der Waals surface area contributed by atoms with Crippen LogP contribution >= 0.6 is 23.2 Å². The Bertz CT molecular complexity index is 1130. The van der Waals surface area contributed by atoms with Crippen LogP contribution in [0.5, 0.6) is 0 Å². The molecule has 7 nitrogen and oxygen atoms in total. The summed E-state index contributed by atoms with van der Waals surface area (Å²) in [6.45, 7) is 1.08. The zero-order chi connectivity index (χ0) is 26.0. The van der Waals surface area contributed by atoms with E-state index in [2.05, 4.69) is 5.32 Å². The number of benzene rings is 2. The Kier molecular flexibility index (Phi) is 8.19. The van der Waals surface area contributed by atoms with Gasteiger partial charge in [-0.2, -0.15) is 0 Å². The lowest BCUT2D eigenvalue weighted by Crippen LogP contribution is -2.59. The molecule has 2 fully saturated rings. The number of aliphatic hydroxyl groups excluding tert-OH is 1. The maximum absolute atomic E-state index is 15.5. The van der Waals surface area contributed by atoms with E-state index in [0.717, 1.165) is 38.5 Å². The van der Waals surface area contributed by atoms with E-state index in [-0.39, 0.29) is 16.6 Å². The van der Waals surface area contributed by atoms with Crippen molar-refractivity contribution < 1.29 is 19.2 Å². The third-order valence-electron chi connectivity index (χ3n) is 7.74. The highest BCUT2D eigenvalue weighted by molar-refractivity contribution is 6.31. The summed E-state index contributed by atoms with van der Waals surface area (Å²) in [6.07, 6.45) is 5.34. The molecule has 1 heterocycles. The number of hydrogen-bond donors (Lipinski definition) is 2. The van der Waals surface area contributed by atoms with E-state index in [4.69, 9.17) is 23.2 Å². The van der Waals surface area contributed by atoms with Gasteiger partial charge in [0.1, 0.15) is 17.4 Å². The number of nitro groups is 1. The van der Waals surface area contributed by atoms with Crippen molar-refractivity contribution in [2.45, 2.75) is 75.0 Å². The molecule has 0 radical (unpaired) electrons. The van der Waals surface area contributed by atoms with Gasteiger partial charge in [0.15, 0.2) is 0 Å². The summed E-state index contributed by atoms with van der Waals surface area (Å²) < 4.78 is 15.5. The van der Waals surface area contributed by atoms with E-state index in [0.29, 0.717) is 10.7 Å². The van der Waals surface area contributed by atoms with Crippen LogP contribution in [0.4, 0.5) is 10.1 Å². The van der Waals surface area contributed by atoms with Crippen molar-refractivity contribution in [3.05, 3.63) is 74.0 Å². The van der Waals surface area contributed by atoms with Crippen molar-refractivity contribution in [2.75, 3.05) is 11.9 Å². The van der Waals surface area contributed by atoms with Gasteiger partial charge in [0, 0.05) is 27.2 Å². The number of nitrogens with one attached hydrogen (secondary N) is 1. The molecule has 1 aliphatic carbocycles. The van der Waals surface area contributed by atoms with Crippen LogP contribution in [0.25, 0.3) is 0 Å². The Labute approximate surface area is 219 Å². The molecular formula is C26H30Cl2FN3O4. The summed E-state index contributed by atoms with van der Waals surface area (Å²) in [4.78, 5) is 28.0. The third kappa shape index (κ3) is 4.84. The number of rotatable bonds is 6. The number of amides is 1. The molecule has 0 spiro atoms. The fourth-order valence-electron chi connectivity index (χ4n) is 6.20. The second kappa shape index (κ2) is 11.0. The molecule has 0 unspecified atom stereocenters. The maximum Gasteiger partial charge on any atom is 0.245 e. The highest BCUT2D eigenvalue weighted by atomic mass is 35.5. The van der Waals surface area contributed by atoms with Crippen molar-refractivity contribution >= 4 is 34.8 Å². The topological polar surface area (TPSA) is 95.7 Å². The lowest BCUT2D eigenvalue weighted by Gasteiger charge is -2.43. The maximum atomic E-state index is 15.5. The van der Waals surface area contributed by atoms with Gasteiger partial charge in [-0.1, -0.05) is 67.1 Å². The molecule has 0 aromatic heterocycles. The number of aliphatic hydroxyl groups is 1.